The van der Waals surface area contributed by atoms with Crippen LogP contribution in [0, 0.1) is 0 Å². The molecule has 0 aromatic carbocycles. The lowest BCUT2D eigenvalue weighted by Gasteiger charge is -2.14. The lowest BCUT2D eigenvalue weighted by molar-refractivity contribution is 0.248. The minimum atomic E-state index is -0.391. The number of rotatable bonds is 5. The van der Waals surface area contributed by atoms with Gasteiger partial charge in [-0.1, -0.05) is 0 Å². The van der Waals surface area contributed by atoms with E-state index in [1.807, 2.05) is 20.0 Å². The van der Waals surface area contributed by atoms with E-state index >= 15 is 0 Å². The molecule has 3 aromatic rings. The molecule has 2 amide bonds. The highest BCUT2D eigenvalue weighted by Gasteiger charge is 2.27. The number of hydrogen-bond donors (Lipinski definition) is 2. The van der Waals surface area contributed by atoms with Crippen LogP contribution in [0.25, 0.3) is 5.95 Å². The van der Waals surface area contributed by atoms with Crippen molar-refractivity contribution in [1.29, 1.82) is 0 Å². The molecule has 1 saturated carbocycles. The van der Waals surface area contributed by atoms with E-state index in [9.17, 15) is 4.79 Å². The normalized spacial score (nSPS) is 14.8. The van der Waals surface area contributed by atoms with Gasteiger partial charge in [0.1, 0.15) is 12.1 Å². The van der Waals surface area contributed by atoms with E-state index in [2.05, 4.69) is 35.8 Å². The Balaban J connectivity index is 1.44. The lowest BCUT2D eigenvalue weighted by Crippen LogP contribution is -2.33. The second kappa shape index (κ2) is 6.54. The highest BCUT2D eigenvalue weighted by atomic mass is 16.2. The van der Waals surface area contributed by atoms with Gasteiger partial charge in [-0.15, -0.1) is 0 Å². The molecule has 1 atom stereocenters. The minimum Gasteiger partial charge on any atom is -0.328 e. The van der Waals surface area contributed by atoms with Gasteiger partial charge in [-0.25, -0.2) is 19.7 Å². The molecular formula is C16H19N9O. The maximum absolute atomic E-state index is 12.4. The largest absolute Gasteiger partial charge is 0.328 e. The number of hydrogen-bond acceptors (Lipinski definition) is 6. The molecule has 0 unspecified atom stereocenters. The van der Waals surface area contributed by atoms with E-state index in [0.29, 0.717) is 23.5 Å². The number of aromatic nitrogens is 7. The van der Waals surface area contributed by atoms with Gasteiger partial charge < -0.3 is 5.32 Å². The van der Waals surface area contributed by atoms with Crippen molar-refractivity contribution in [2.45, 2.75) is 31.7 Å². The minimum absolute atomic E-state index is 0.341. The Labute approximate surface area is 149 Å². The topological polar surface area (TPSA) is 115 Å². The van der Waals surface area contributed by atoms with Crippen molar-refractivity contribution in [1.82, 2.24) is 39.8 Å². The van der Waals surface area contributed by atoms with Gasteiger partial charge in [0.25, 0.3) is 5.95 Å². The van der Waals surface area contributed by atoms with E-state index in [4.69, 9.17) is 0 Å². The second-order valence-electron chi connectivity index (χ2n) is 6.25. The van der Waals surface area contributed by atoms with E-state index in [1.54, 1.807) is 23.1 Å². The van der Waals surface area contributed by atoms with Gasteiger partial charge >= 0.3 is 6.03 Å². The van der Waals surface area contributed by atoms with Crippen LogP contribution in [0.2, 0.25) is 0 Å². The van der Waals surface area contributed by atoms with E-state index in [0.717, 1.165) is 18.5 Å². The van der Waals surface area contributed by atoms with Gasteiger partial charge in [0, 0.05) is 31.4 Å². The van der Waals surface area contributed by atoms with Crippen molar-refractivity contribution in [3.63, 3.8) is 0 Å². The molecule has 10 nitrogen and oxygen atoms in total. The zero-order chi connectivity index (χ0) is 18.1. The van der Waals surface area contributed by atoms with Crippen LogP contribution in [0.3, 0.4) is 0 Å². The summed E-state index contributed by atoms with van der Waals surface area (Å²) in [6.07, 6.45) is 6.98. The summed E-state index contributed by atoms with van der Waals surface area (Å²) in [5.74, 6) is 2.12. The predicted molar refractivity (Wildman–Crippen MR) is 92.7 cm³/mol. The van der Waals surface area contributed by atoms with E-state index < -0.39 is 6.04 Å². The van der Waals surface area contributed by atoms with Gasteiger partial charge in [-0.3, -0.25) is 10.00 Å². The first-order chi connectivity index (χ1) is 12.6. The molecule has 0 bridgehead atoms. The van der Waals surface area contributed by atoms with Crippen molar-refractivity contribution >= 4 is 11.8 Å². The Morgan fingerprint density at radius 2 is 2.04 bits per heavy atom. The van der Waals surface area contributed by atoms with Crippen molar-refractivity contribution in [3.05, 3.63) is 42.4 Å². The molecule has 3 aromatic heterocycles. The number of carbonyl (C=O) groups excluding carboxylic acids is 1. The van der Waals surface area contributed by atoms with Crippen LogP contribution in [-0.4, -0.2) is 40.5 Å². The fourth-order valence-corrected chi connectivity index (χ4v) is 2.70. The number of nitrogens with zero attached hydrogens (tertiary/aromatic N) is 7. The molecule has 0 radical (unpaired) electrons. The number of anilines is 1. The molecule has 1 aliphatic carbocycles. The Bertz CT molecular complexity index is 913. The van der Waals surface area contributed by atoms with Gasteiger partial charge in [-0.05, 0) is 25.8 Å². The number of amides is 2. The number of aryl methyl sites for hydroxylation is 1. The highest BCUT2D eigenvalue weighted by Crippen LogP contribution is 2.39. The van der Waals surface area contributed by atoms with Gasteiger partial charge in [0.2, 0.25) is 0 Å². The molecule has 4 rings (SSSR count). The maximum atomic E-state index is 12.4. The highest BCUT2D eigenvalue weighted by molar-refractivity contribution is 5.88. The summed E-state index contributed by atoms with van der Waals surface area (Å²) in [5, 5.41) is 14.3. The van der Waals surface area contributed by atoms with Crippen LogP contribution in [-0.2, 0) is 7.05 Å². The fraction of sp³-hybridized carbons (Fsp3) is 0.375. The van der Waals surface area contributed by atoms with E-state index in [-0.39, 0.29) is 6.03 Å². The Kier molecular flexibility index (Phi) is 4.07. The number of urea groups is 1. The SMILES string of the molecule is C[C@H](NC(=O)Nc1cc(C2CC2)nn1C)c1ncnn1-c1ncccn1. The van der Waals surface area contributed by atoms with Crippen LogP contribution in [0.4, 0.5) is 10.6 Å². The maximum Gasteiger partial charge on any atom is 0.320 e. The molecule has 3 heterocycles. The lowest BCUT2D eigenvalue weighted by atomic mass is 10.3. The quantitative estimate of drug-likeness (QED) is 0.719. The van der Waals surface area contributed by atoms with Crippen molar-refractivity contribution in [2.24, 2.45) is 7.05 Å². The van der Waals surface area contributed by atoms with Crippen LogP contribution in [0.1, 0.15) is 43.2 Å². The summed E-state index contributed by atoms with van der Waals surface area (Å²) in [6, 6.07) is 2.91. The summed E-state index contributed by atoms with van der Waals surface area (Å²) in [7, 11) is 1.81. The molecule has 1 aliphatic rings. The summed E-state index contributed by atoms with van der Waals surface area (Å²) in [6.45, 7) is 1.82. The van der Waals surface area contributed by atoms with Crippen molar-refractivity contribution in [3.8, 4) is 5.95 Å². The molecule has 0 saturated heterocycles. The second-order valence-corrected chi connectivity index (χ2v) is 6.25. The van der Waals surface area contributed by atoms with Gasteiger partial charge in [0.15, 0.2) is 5.82 Å². The van der Waals surface area contributed by atoms with Crippen LogP contribution < -0.4 is 10.6 Å². The predicted octanol–water partition coefficient (Wildman–Crippen LogP) is 1.55. The average Bonchev–Trinajstić information content (AvgIpc) is 3.25. The third kappa shape index (κ3) is 3.25. The molecule has 10 heteroatoms. The summed E-state index contributed by atoms with van der Waals surface area (Å²) >= 11 is 0. The molecule has 134 valence electrons. The Morgan fingerprint density at radius 3 is 2.77 bits per heavy atom. The van der Waals surface area contributed by atoms with Crippen LogP contribution in [0.5, 0.6) is 0 Å². The van der Waals surface area contributed by atoms with Gasteiger partial charge in [-0.2, -0.15) is 14.9 Å². The fourth-order valence-electron chi connectivity index (χ4n) is 2.70. The zero-order valence-electron chi connectivity index (χ0n) is 14.5. The molecule has 26 heavy (non-hydrogen) atoms. The Hall–Kier alpha value is -3.30. The third-order valence-electron chi connectivity index (χ3n) is 4.19. The number of carbonyl (C=O) groups is 1. The van der Waals surface area contributed by atoms with Crippen molar-refractivity contribution < 1.29 is 4.79 Å². The monoisotopic (exact) mass is 353 g/mol. The van der Waals surface area contributed by atoms with Gasteiger partial charge in [0.05, 0.1) is 11.7 Å². The molecule has 0 spiro atoms. The standard InChI is InChI=1S/C16H19N9O/c1-10(14-19-9-20-25(14)15-17-6-3-7-18-15)21-16(26)22-13-8-12(11-4-5-11)23-24(13)2/h3,6-11H,4-5H2,1-2H3,(H2,21,22,26)/t10-/m0/s1. The first-order valence-electron chi connectivity index (χ1n) is 8.40. The average molecular weight is 353 g/mol. The first kappa shape index (κ1) is 16.2. The molecule has 2 N–H and O–H groups in total. The molecule has 0 aliphatic heterocycles. The molecular weight excluding hydrogens is 334 g/mol. The van der Waals surface area contributed by atoms with Crippen LogP contribution in [0.15, 0.2) is 30.9 Å². The smallest absolute Gasteiger partial charge is 0.320 e. The summed E-state index contributed by atoms with van der Waals surface area (Å²) in [4.78, 5) is 24.9. The zero-order valence-corrected chi connectivity index (χ0v) is 14.5. The Morgan fingerprint density at radius 1 is 1.27 bits per heavy atom. The van der Waals surface area contributed by atoms with E-state index in [1.165, 1.54) is 11.0 Å². The summed E-state index contributed by atoms with van der Waals surface area (Å²) in [5.41, 5.74) is 1.02. The van der Waals surface area contributed by atoms with Crippen molar-refractivity contribution in [2.75, 3.05) is 5.32 Å². The van der Waals surface area contributed by atoms with Crippen LogP contribution >= 0.6 is 0 Å². The third-order valence-corrected chi connectivity index (χ3v) is 4.19. The number of nitrogens with one attached hydrogen (secondary N) is 2. The summed E-state index contributed by atoms with van der Waals surface area (Å²) < 4.78 is 3.18. The molecule has 1 fully saturated rings. The first-order valence-corrected chi connectivity index (χ1v) is 8.40.